The summed E-state index contributed by atoms with van der Waals surface area (Å²) in [6.07, 6.45) is 1.71. The van der Waals surface area contributed by atoms with Crippen molar-refractivity contribution in [2.75, 3.05) is 18.7 Å². The van der Waals surface area contributed by atoms with Gasteiger partial charge in [-0.05, 0) is 50.1 Å². The van der Waals surface area contributed by atoms with E-state index in [1.807, 2.05) is 12.1 Å². The Morgan fingerprint density at radius 3 is 2.75 bits per heavy atom. The van der Waals surface area contributed by atoms with Crippen molar-refractivity contribution in [3.63, 3.8) is 0 Å². The number of anilines is 1. The van der Waals surface area contributed by atoms with E-state index in [4.69, 9.17) is 15.6 Å². The van der Waals surface area contributed by atoms with Gasteiger partial charge in [0, 0.05) is 17.7 Å². The third kappa shape index (κ3) is 3.15. The summed E-state index contributed by atoms with van der Waals surface area (Å²) in [5.41, 5.74) is 11.7. The molecular formula is C20H25N3O. The second kappa shape index (κ2) is 7.05. The average Bonchev–Trinajstić information content (AvgIpc) is 3.01. The van der Waals surface area contributed by atoms with E-state index in [1.165, 1.54) is 11.1 Å². The summed E-state index contributed by atoms with van der Waals surface area (Å²) in [6, 6.07) is 14.8. The number of ether oxygens (including phenoxy) is 1. The first-order chi connectivity index (χ1) is 11.6. The van der Waals surface area contributed by atoms with Gasteiger partial charge in [0.05, 0.1) is 18.8 Å². The molecule has 0 saturated carbocycles. The zero-order valence-electron chi connectivity index (χ0n) is 14.6. The van der Waals surface area contributed by atoms with Crippen LogP contribution in [0.3, 0.4) is 0 Å². The SMILES string of the molecule is COc1ccccc1C1CC(CCN)=NN1c1cc(C)ccc1C. The Hall–Kier alpha value is -2.33. The summed E-state index contributed by atoms with van der Waals surface area (Å²) in [5.74, 6) is 0.905. The molecule has 0 saturated heterocycles. The Morgan fingerprint density at radius 1 is 1.21 bits per heavy atom. The molecule has 1 unspecified atom stereocenters. The molecule has 0 bridgehead atoms. The smallest absolute Gasteiger partial charge is 0.124 e. The number of hydrogen-bond donors (Lipinski definition) is 1. The summed E-state index contributed by atoms with van der Waals surface area (Å²) in [7, 11) is 1.72. The van der Waals surface area contributed by atoms with Crippen molar-refractivity contribution in [3.05, 3.63) is 59.2 Å². The third-order valence-corrected chi connectivity index (χ3v) is 4.52. The minimum absolute atomic E-state index is 0.142. The number of hydrazone groups is 1. The fourth-order valence-electron chi connectivity index (χ4n) is 3.26. The molecule has 126 valence electrons. The number of rotatable bonds is 5. The van der Waals surface area contributed by atoms with Gasteiger partial charge < -0.3 is 10.5 Å². The molecule has 0 aliphatic carbocycles. The van der Waals surface area contributed by atoms with Crippen LogP contribution >= 0.6 is 0 Å². The van der Waals surface area contributed by atoms with Crippen LogP contribution in [0.5, 0.6) is 5.75 Å². The Bertz CT molecular complexity index is 754. The lowest BCUT2D eigenvalue weighted by molar-refractivity contribution is 0.405. The van der Waals surface area contributed by atoms with Gasteiger partial charge in [0.1, 0.15) is 5.75 Å². The molecule has 0 fully saturated rings. The molecule has 0 spiro atoms. The lowest BCUT2D eigenvalue weighted by Crippen LogP contribution is -2.20. The van der Waals surface area contributed by atoms with Crippen LogP contribution in [0, 0.1) is 13.8 Å². The first-order valence-corrected chi connectivity index (χ1v) is 8.40. The van der Waals surface area contributed by atoms with Gasteiger partial charge in [-0.2, -0.15) is 5.10 Å². The van der Waals surface area contributed by atoms with Gasteiger partial charge in [-0.3, -0.25) is 5.01 Å². The molecule has 2 aromatic rings. The van der Waals surface area contributed by atoms with Gasteiger partial charge in [0.15, 0.2) is 0 Å². The quantitative estimate of drug-likeness (QED) is 0.906. The molecular weight excluding hydrogens is 298 g/mol. The Morgan fingerprint density at radius 2 is 2.00 bits per heavy atom. The first kappa shape index (κ1) is 16.5. The Balaban J connectivity index is 2.06. The summed E-state index contributed by atoms with van der Waals surface area (Å²) in [6.45, 7) is 4.87. The van der Waals surface area contributed by atoms with E-state index in [-0.39, 0.29) is 6.04 Å². The minimum Gasteiger partial charge on any atom is -0.496 e. The number of para-hydroxylation sites is 1. The molecule has 1 aliphatic heterocycles. The van der Waals surface area contributed by atoms with E-state index < -0.39 is 0 Å². The van der Waals surface area contributed by atoms with E-state index in [2.05, 4.69) is 49.2 Å². The maximum Gasteiger partial charge on any atom is 0.124 e. The summed E-state index contributed by atoms with van der Waals surface area (Å²) >= 11 is 0. The van der Waals surface area contributed by atoms with Gasteiger partial charge in [0.2, 0.25) is 0 Å². The van der Waals surface area contributed by atoms with E-state index in [0.29, 0.717) is 6.54 Å². The van der Waals surface area contributed by atoms with Gasteiger partial charge >= 0.3 is 0 Å². The standard InChI is InChI=1S/C20H25N3O/c1-14-8-9-15(2)18(12-14)23-19(13-16(22-23)10-11-21)17-6-4-5-7-20(17)24-3/h4-9,12,19H,10-11,13,21H2,1-3H3. The Kier molecular flexibility index (Phi) is 4.86. The topological polar surface area (TPSA) is 50.9 Å². The molecule has 2 N–H and O–H groups in total. The van der Waals surface area contributed by atoms with E-state index in [0.717, 1.165) is 35.6 Å². The monoisotopic (exact) mass is 323 g/mol. The fourth-order valence-corrected chi connectivity index (χ4v) is 3.26. The normalized spacial score (nSPS) is 17.1. The van der Waals surface area contributed by atoms with Crippen LogP contribution in [0.25, 0.3) is 0 Å². The first-order valence-electron chi connectivity index (χ1n) is 8.40. The van der Waals surface area contributed by atoms with Crippen molar-refractivity contribution in [1.82, 2.24) is 0 Å². The summed E-state index contributed by atoms with van der Waals surface area (Å²) in [4.78, 5) is 0. The van der Waals surface area contributed by atoms with Gasteiger partial charge in [0.25, 0.3) is 0 Å². The van der Waals surface area contributed by atoms with Crippen LogP contribution in [0.4, 0.5) is 5.69 Å². The maximum absolute atomic E-state index is 5.76. The number of nitrogens with zero attached hydrogens (tertiary/aromatic N) is 2. The van der Waals surface area contributed by atoms with Crippen molar-refractivity contribution in [1.29, 1.82) is 0 Å². The van der Waals surface area contributed by atoms with Crippen LogP contribution in [-0.4, -0.2) is 19.4 Å². The molecule has 1 heterocycles. The van der Waals surface area contributed by atoms with Gasteiger partial charge in [-0.25, -0.2) is 0 Å². The predicted molar refractivity (Wildman–Crippen MR) is 99.9 cm³/mol. The highest BCUT2D eigenvalue weighted by atomic mass is 16.5. The van der Waals surface area contributed by atoms with Crippen molar-refractivity contribution >= 4 is 11.4 Å². The van der Waals surface area contributed by atoms with Crippen molar-refractivity contribution in [2.45, 2.75) is 32.7 Å². The zero-order valence-corrected chi connectivity index (χ0v) is 14.6. The lowest BCUT2D eigenvalue weighted by Gasteiger charge is -2.27. The molecule has 0 aromatic heterocycles. The molecule has 2 aromatic carbocycles. The zero-order chi connectivity index (χ0) is 17.1. The Labute approximate surface area is 143 Å². The molecule has 4 heteroatoms. The number of aryl methyl sites for hydroxylation is 2. The summed E-state index contributed by atoms with van der Waals surface area (Å²) in [5, 5.41) is 7.04. The minimum atomic E-state index is 0.142. The second-order valence-electron chi connectivity index (χ2n) is 6.30. The summed E-state index contributed by atoms with van der Waals surface area (Å²) < 4.78 is 5.59. The third-order valence-electron chi connectivity index (χ3n) is 4.52. The molecule has 4 nitrogen and oxygen atoms in total. The van der Waals surface area contributed by atoms with Gasteiger partial charge in [-0.15, -0.1) is 0 Å². The van der Waals surface area contributed by atoms with E-state index >= 15 is 0 Å². The lowest BCUT2D eigenvalue weighted by atomic mass is 9.98. The highest BCUT2D eigenvalue weighted by Crippen LogP contribution is 2.40. The number of nitrogens with two attached hydrogens (primary N) is 1. The molecule has 0 amide bonds. The maximum atomic E-state index is 5.76. The van der Waals surface area contributed by atoms with Crippen LogP contribution in [0.1, 0.15) is 35.6 Å². The van der Waals surface area contributed by atoms with Crippen molar-refractivity contribution in [3.8, 4) is 5.75 Å². The van der Waals surface area contributed by atoms with Crippen LogP contribution in [-0.2, 0) is 0 Å². The number of methoxy groups -OCH3 is 1. The van der Waals surface area contributed by atoms with Crippen molar-refractivity contribution < 1.29 is 4.74 Å². The predicted octanol–water partition coefficient (Wildman–Crippen LogP) is 3.97. The highest BCUT2D eigenvalue weighted by Gasteiger charge is 2.31. The molecule has 3 rings (SSSR count). The van der Waals surface area contributed by atoms with Crippen LogP contribution in [0.2, 0.25) is 0 Å². The van der Waals surface area contributed by atoms with Gasteiger partial charge in [-0.1, -0.05) is 30.3 Å². The van der Waals surface area contributed by atoms with Crippen molar-refractivity contribution in [2.24, 2.45) is 10.8 Å². The van der Waals surface area contributed by atoms with E-state index in [9.17, 15) is 0 Å². The average molecular weight is 323 g/mol. The number of hydrogen-bond acceptors (Lipinski definition) is 4. The molecule has 1 aliphatic rings. The van der Waals surface area contributed by atoms with E-state index in [1.54, 1.807) is 7.11 Å². The number of benzene rings is 2. The second-order valence-corrected chi connectivity index (χ2v) is 6.30. The molecule has 24 heavy (non-hydrogen) atoms. The highest BCUT2D eigenvalue weighted by molar-refractivity contribution is 5.89. The molecule has 1 atom stereocenters. The molecule has 0 radical (unpaired) electrons. The van der Waals surface area contributed by atoms with Crippen LogP contribution in [0.15, 0.2) is 47.6 Å². The fraction of sp³-hybridized carbons (Fsp3) is 0.350. The van der Waals surface area contributed by atoms with Crippen LogP contribution < -0.4 is 15.5 Å². The largest absolute Gasteiger partial charge is 0.496 e.